The predicted molar refractivity (Wildman–Crippen MR) is 166 cm³/mol. The molecule has 42 heavy (non-hydrogen) atoms. The number of nitrogens with zero attached hydrogens (tertiary/aromatic N) is 1. The van der Waals surface area contributed by atoms with Gasteiger partial charge in [-0.15, -0.1) is 23.1 Å². The van der Waals surface area contributed by atoms with Gasteiger partial charge in [-0.2, -0.15) is 5.26 Å². The number of carboxylic acids is 1. The minimum Gasteiger partial charge on any atom is -0.481 e. The van der Waals surface area contributed by atoms with Crippen molar-refractivity contribution in [1.82, 2.24) is 0 Å². The van der Waals surface area contributed by atoms with Gasteiger partial charge in [-0.05, 0) is 60.1 Å². The van der Waals surface area contributed by atoms with Gasteiger partial charge in [0.2, 0.25) is 11.8 Å². The van der Waals surface area contributed by atoms with Crippen molar-refractivity contribution in [2.24, 2.45) is 0 Å². The fourth-order valence-corrected chi connectivity index (χ4v) is 7.47. The van der Waals surface area contributed by atoms with E-state index in [0.29, 0.717) is 22.2 Å². The van der Waals surface area contributed by atoms with E-state index in [9.17, 15) is 19.6 Å². The van der Waals surface area contributed by atoms with Crippen LogP contribution in [0.4, 0.5) is 10.7 Å². The maximum absolute atomic E-state index is 13.8. The molecule has 3 N–H and O–H groups in total. The van der Waals surface area contributed by atoms with E-state index in [0.717, 1.165) is 40.2 Å². The highest BCUT2D eigenvalue weighted by Gasteiger charge is 2.29. The second-order valence-electron chi connectivity index (χ2n) is 10.0. The Morgan fingerprint density at radius 1 is 0.976 bits per heavy atom. The highest BCUT2D eigenvalue weighted by atomic mass is 32.2. The minimum absolute atomic E-state index is 0.125. The van der Waals surface area contributed by atoms with E-state index in [1.165, 1.54) is 28.7 Å². The van der Waals surface area contributed by atoms with E-state index in [1.807, 2.05) is 42.5 Å². The first kappa shape index (κ1) is 29.1. The number of thioether (sulfide) groups is 1. The highest BCUT2D eigenvalue weighted by molar-refractivity contribution is 8.00. The minimum atomic E-state index is -1.03. The fourth-order valence-electron chi connectivity index (χ4n) is 5.11. The van der Waals surface area contributed by atoms with Crippen LogP contribution in [0.2, 0.25) is 0 Å². The van der Waals surface area contributed by atoms with Crippen molar-refractivity contribution in [3.63, 3.8) is 0 Å². The van der Waals surface area contributed by atoms with Crippen molar-refractivity contribution in [1.29, 1.82) is 5.26 Å². The number of rotatable bonds is 10. The third-order valence-corrected chi connectivity index (χ3v) is 9.58. The number of benzene rings is 3. The summed E-state index contributed by atoms with van der Waals surface area (Å²) in [6.07, 6.45) is 2.23. The number of carbonyl (C=O) groups excluding carboxylic acids is 2. The molecule has 0 fully saturated rings. The molecule has 0 spiro atoms. The number of hydrogen-bond donors (Lipinski definition) is 3. The molecule has 2 amide bonds. The number of amides is 2. The topological polar surface area (TPSA) is 119 Å². The van der Waals surface area contributed by atoms with Crippen LogP contribution in [0.25, 0.3) is 0 Å². The largest absolute Gasteiger partial charge is 0.481 e. The second-order valence-corrected chi connectivity index (χ2v) is 12.3. The quantitative estimate of drug-likeness (QED) is 0.167. The first-order valence-corrected chi connectivity index (χ1v) is 15.3. The van der Waals surface area contributed by atoms with Crippen molar-refractivity contribution >= 4 is 51.6 Å². The summed E-state index contributed by atoms with van der Waals surface area (Å²) in [4.78, 5) is 38.7. The third-order valence-electron chi connectivity index (χ3n) is 7.16. The Labute approximate surface area is 252 Å². The van der Waals surface area contributed by atoms with Crippen LogP contribution < -0.4 is 10.6 Å². The number of nitriles is 1. The Hall–Kier alpha value is -4.39. The average Bonchev–Trinajstić information content (AvgIpc) is 3.35. The number of fused-ring (bicyclic) bond motifs is 1. The van der Waals surface area contributed by atoms with Gasteiger partial charge < -0.3 is 15.7 Å². The maximum atomic E-state index is 13.8. The van der Waals surface area contributed by atoms with Crippen LogP contribution in [0.15, 0.2) is 89.8 Å². The summed E-state index contributed by atoms with van der Waals surface area (Å²) in [7, 11) is 0. The van der Waals surface area contributed by atoms with Gasteiger partial charge in [0.1, 0.15) is 16.3 Å². The van der Waals surface area contributed by atoms with Gasteiger partial charge in [0.15, 0.2) is 0 Å². The van der Waals surface area contributed by atoms with Gasteiger partial charge >= 0.3 is 5.97 Å². The molecule has 0 radical (unpaired) electrons. The number of carbonyl (C=O) groups is 3. The molecule has 9 heteroatoms. The van der Waals surface area contributed by atoms with E-state index in [2.05, 4.69) is 41.0 Å². The Balaban J connectivity index is 1.35. The molecule has 0 aliphatic heterocycles. The lowest BCUT2D eigenvalue weighted by Gasteiger charge is -2.22. The lowest BCUT2D eigenvalue weighted by Crippen LogP contribution is -2.19. The summed E-state index contributed by atoms with van der Waals surface area (Å²) in [6, 6.07) is 29.3. The van der Waals surface area contributed by atoms with E-state index in [1.54, 1.807) is 18.2 Å². The normalized spacial score (nSPS) is 14.7. The molecule has 1 aromatic heterocycles. The predicted octanol–water partition coefficient (Wildman–Crippen LogP) is 7.17. The summed E-state index contributed by atoms with van der Waals surface area (Å²) in [5, 5.41) is 24.7. The molecule has 2 atom stereocenters. The van der Waals surface area contributed by atoms with Crippen LogP contribution in [0, 0.1) is 11.3 Å². The Kier molecular flexibility index (Phi) is 9.37. The molecule has 2 unspecified atom stereocenters. The van der Waals surface area contributed by atoms with Gasteiger partial charge in [-0.3, -0.25) is 14.4 Å². The van der Waals surface area contributed by atoms with Gasteiger partial charge in [-0.25, -0.2) is 0 Å². The van der Waals surface area contributed by atoms with Crippen LogP contribution in [-0.2, 0) is 27.2 Å². The molecule has 3 aromatic carbocycles. The van der Waals surface area contributed by atoms with Crippen molar-refractivity contribution in [3.8, 4) is 6.07 Å². The molecule has 0 bridgehead atoms. The number of anilines is 2. The molecular formula is C33H29N3O4S2. The monoisotopic (exact) mass is 595 g/mol. The molecule has 1 aliphatic rings. The zero-order valence-corrected chi connectivity index (χ0v) is 24.3. The summed E-state index contributed by atoms with van der Waals surface area (Å²) in [5.74, 6) is -1.28. The van der Waals surface area contributed by atoms with Crippen LogP contribution in [-0.4, -0.2) is 22.9 Å². The number of nitrogens with one attached hydrogen (secondary N) is 2. The van der Waals surface area contributed by atoms with E-state index in [-0.39, 0.29) is 18.7 Å². The molecule has 0 saturated heterocycles. The van der Waals surface area contributed by atoms with Gasteiger partial charge in [0, 0.05) is 21.9 Å². The highest BCUT2D eigenvalue weighted by Crippen LogP contribution is 2.43. The maximum Gasteiger partial charge on any atom is 0.303 e. The first-order valence-electron chi connectivity index (χ1n) is 13.6. The lowest BCUT2D eigenvalue weighted by atomic mass is 9.83. The van der Waals surface area contributed by atoms with Crippen molar-refractivity contribution in [2.45, 2.75) is 48.2 Å². The standard InChI is InChI=1S/C33H29N3O4S2/c34-20-27-26-15-14-23(21-8-3-1-4-9-21)18-28(26)42-33(27)36-32(40)31(22-10-5-2-6-11-22)41-25-13-7-12-24(19-25)35-29(37)16-17-30(38)39/h1-13,19,23,31H,14-18H2,(H,35,37)(H,36,40)(H,38,39). The number of aliphatic carboxylic acids is 1. The van der Waals surface area contributed by atoms with Crippen molar-refractivity contribution < 1.29 is 19.5 Å². The molecule has 1 heterocycles. The van der Waals surface area contributed by atoms with Crippen LogP contribution in [0.5, 0.6) is 0 Å². The third kappa shape index (κ3) is 7.08. The molecule has 1 aliphatic carbocycles. The van der Waals surface area contributed by atoms with E-state index in [4.69, 9.17) is 5.11 Å². The zero-order valence-electron chi connectivity index (χ0n) is 22.7. The van der Waals surface area contributed by atoms with Gasteiger partial charge in [-0.1, -0.05) is 66.7 Å². The number of hydrogen-bond acceptors (Lipinski definition) is 6. The van der Waals surface area contributed by atoms with E-state index < -0.39 is 17.1 Å². The average molecular weight is 596 g/mol. The molecule has 7 nitrogen and oxygen atoms in total. The van der Waals surface area contributed by atoms with Crippen LogP contribution >= 0.6 is 23.1 Å². The SMILES string of the molecule is N#Cc1c(NC(=O)C(Sc2cccc(NC(=O)CCC(=O)O)c2)c2ccccc2)sc2c1CCC(c1ccccc1)C2. The summed E-state index contributed by atoms with van der Waals surface area (Å²) in [5.41, 5.74) is 4.22. The van der Waals surface area contributed by atoms with Gasteiger partial charge in [0.05, 0.1) is 12.0 Å². The first-order chi connectivity index (χ1) is 20.4. The van der Waals surface area contributed by atoms with Crippen LogP contribution in [0.3, 0.4) is 0 Å². The molecular weight excluding hydrogens is 567 g/mol. The summed E-state index contributed by atoms with van der Waals surface area (Å²) < 4.78 is 0. The Morgan fingerprint density at radius 3 is 2.43 bits per heavy atom. The Bertz CT molecular complexity index is 1630. The summed E-state index contributed by atoms with van der Waals surface area (Å²) in [6.45, 7) is 0. The van der Waals surface area contributed by atoms with Gasteiger partial charge in [0.25, 0.3) is 0 Å². The zero-order chi connectivity index (χ0) is 29.5. The summed E-state index contributed by atoms with van der Waals surface area (Å²) >= 11 is 2.83. The number of carboxylic acid groups (broad SMARTS) is 1. The smallest absolute Gasteiger partial charge is 0.303 e. The van der Waals surface area contributed by atoms with Crippen molar-refractivity contribution in [2.75, 3.05) is 10.6 Å². The van der Waals surface area contributed by atoms with E-state index >= 15 is 0 Å². The van der Waals surface area contributed by atoms with Crippen molar-refractivity contribution in [3.05, 3.63) is 112 Å². The molecule has 5 rings (SSSR count). The molecule has 212 valence electrons. The Morgan fingerprint density at radius 2 is 1.71 bits per heavy atom. The second kappa shape index (κ2) is 13.5. The fraction of sp³-hybridized carbons (Fsp3) is 0.212. The molecule has 4 aromatic rings. The number of thiophene rings is 1. The van der Waals surface area contributed by atoms with Crippen LogP contribution in [0.1, 0.15) is 57.6 Å². The lowest BCUT2D eigenvalue weighted by molar-refractivity contribution is -0.138. The molecule has 0 saturated carbocycles.